The van der Waals surface area contributed by atoms with Gasteiger partial charge in [-0.3, -0.25) is 9.59 Å². The van der Waals surface area contributed by atoms with Crippen molar-refractivity contribution in [2.24, 2.45) is 5.92 Å². The number of para-hydroxylation sites is 1. The number of benzene rings is 2. The fraction of sp³-hybridized carbons (Fsp3) is 0.238. The minimum atomic E-state index is -0.207. The van der Waals surface area contributed by atoms with Crippen molar-refractivity contribution in [1.82, 2.24) is 9.88 Å². The number of rotatable bonds is 3. The van der Waals surface area contributed by atoms with Gasteiger partial charge in [-0.1, -0.05) is 29.8 Å². The van der Waals surface area contributed by atoms with E-state index in [0.717, 1.165) is 29.4 Å². The molecule has 2 amide bonds. The van der Waals surface area contributed by atoms with Gasteiger partial charge in [-0.25, -0.2) is 0 Å². The van der Waals surface area contributed by atoms with E-state index in [4.69, 9.17) is 11.6 Å². The van der Waals surface area contributed by atoms with Crippen LogP contribution < -0.4 is 5.32 Å². The second kappa shape index (κ2) is 7.45. The number of aromatic nitrogens is 1. The summed E-state index contributed by atoms with van der Waals surface area (Å²) in [4.78, 5) is 30.4. The smallest absolute Gasteiger partial charge is 0.270 e. The molecule has 0 bridgehead atoms. The molecule has 6 heteroatoms. The molecular formula is C21H20ClN3O2. The summed E-state index contributed by atoms with van der Waals surface area (Å²) in [7, 11) is 0. The monoisotopic (exact) mass is 381 g/mol. The third-order valence-electron chi connectivity index (χ3n) is 4.93. The molecule has 138 valence electrons. The lowest BCUT2D eigenvalue weighted by atomic mass is 9.96. The fourth-order valence-corrected chi connectivity index (χ4v) is 3.71. The maximum absolute atomic E-state index is 12.9. The summed E-state index contributed by atoms with van der Waals surface area (Å²) in [6, 6.07) is 16.7. The van der Waals surface area contributed by atoms with E-state index in [1.165, 1.54) is 0 Å². The van der Waals surface area contributed by atoms with E-state index in [9.17, 15) is 9.59 Å². The number of fused-ring (bicyclic) bond motifs is 1. The third kappa shape index (κ3) is 3.83. The van der Waals surface area contributed by atoms with Crippen molar-refractivity contribution in [2.75, 3.05) is 18.4 Å². The number of aromatic amines is 1. The molecule has 0 aliphatic carbocycles. The van der Waals surface area contributed by atoms with Gasteiger partial charge in [0, 0.05) is 34.7 Å². The predicted octanol–water partition coefficient (Wildman–Crippen LogP) is 4.31. The second-order valence-electron chi connectivity index (χ2n) is 6.86. The number of likely N-dealkylation sites (tertiary alicyclic amines) is 1. The molecule has 0 spiro atoms. The lowest BCUT2D eigenvalue weighted by Gasteiger charge is -2.31. The summed E-state index contributed by atoms with van der Waals surface area (Å²) in [6.07, 6.45) is 1.59. The minimum Gasteiger partial charge on any atom is -0.351 e. The first kappa shape index (κ1) is 17.6. The van der Waals surface area contributed by atoms with Crippen LogP contribution in [0.5, 0.6) is 0 Å². The molecule has 1 unspecified atom stereocenters. The zero-order valence-electron chi connectivity index (χ0n) is 14.7. The Morgan fingerprint density at radius 3 is 2.74 bits per heavy atom. The zero-order chi connectivity index (χ0) is 18.8. The van der Waals surface area contributed by atoms with E-state index in [1.54, 1.807) is 11.0 Å². The van der Waals surface area contributed by atoms with E-state index in [-0.39, 0.29) is 17.7 Å². The standard InChI is InChI=1S/C21H20ClN3O2/c22-16-8-9-18-15(11-16)12-19(24-18)21(27)25-10-4-5-14(13-25)20(26)23-17-6-2-1-3-7-17/h1-3,6-9,11-12,14,24H,4-5,10,13H2,(H,23,26). The molecule has 2 heterocycles. The van der Waals surface area contributed by atoms with Gasteiger partial charge in [0.15, 0.2) is 0 Å². The molecule has 1 aromatic heterocycles. The minimum absolute atomic E-state index is 0.0397. The Kier molecular flexibility index (Phi) is 4.86. The van der Waals surface area contributed by atoms with Gasteiger partial charge < -0.3 is 15.2 Å². The van der Waals surface area contributed by atoms with E-state index in [0.29, 0.717) is 23.8 Å². The van der Waals surface area contributed by atoms with Crippen LogP contribution in [0.25, 0.3) is 10.9 Å². The number of amides is 2. The van der Waals surface area contributed by atoms with Crippen LogP contribution in [0.4, 0.5) is 5.69 Å². The molecule has 5 nitrogen and oxygen atoms in total. The molecular weight excluding hydrogens is 362 g/mol. The Bertz CT molecular complexity index is 984. The summed E-state index contributed by atoms with van der Waals surface area (Å²) in [5.41, 5.74) is 2.17. The molecule has 3 aromatic rings. The number of nitrogens with one attached hydrogen (secondary N) is 2. The van der Waals surface area contributed by atoms with Crippen molar-refractivity contribution in [3.05, 3.63) is 65.3 Å². The molecule has 2 aromatic carbocycles. The molecule has 27 heavy (non-hydrogen) atoms. The summed E-state index contributed by atoms with van der Waals surface area (Å²) >= 11 is 6.02. The van der Waals surface area contributed by atoms with Crippen molar-refractivity contribution >= 4 is 40.0 Å². The normalized spacial score (nSPS) is 17.1. The van der Waals surface area contributed by atoms with Crippen LogP contribution in [-0.2, 0) is 4.79 Å². The third-order valence-corrected chi connectivity index (χ3v) is 5.17. The number of hydrogen-bond donors (Lipinski definition) is 2. The van der Waals surface area contributed by atoms with Crippen molar-refractivity contribution < 1.29 is 9.59 Å². The highest BCUT2D eigenvalue weighted by molar-refractivity contribution is 6.31. The SMILES string of the molecule is O=C(Nc1ccccc1)C1CCCN(C(=O)c2cc3cc(Cl)ccc3[nH]2)C1. The first-order chi connectivity index (χ1) is 13.1. The van der Waals surface area contributed by atoms with Crippen LogP contribution >= 0.6 is 11.6 Å². The number of piperidine rings is 1. The Labute approximate surface area is 162 Å². The highest BCUT2D eigenvalue weighted by Crippen LogP contribution is 2.24. The molecule has 1 atom stereocenters. The Morgan fingerprint density at radius 1 is 1.11 bits per heavy atom. The molecule has 1 fully saturated rings. The molecule has 1 aliphatic rings. The molecule has 0 saturated carbocycles. The number of halogens is 1. The zero-order valence-corrected chi connectivity index (χ0v) is 15.5. The van der Waals surface area contributed by atoms with Gasteiger partial charge in [0.25, 0.3) is 5.91 Å². The van der Waals surface area contributed by atoms with E-state index >= 15 is 0 Å². The Morgan fingerprint density at radius 2 is 1.93 bits per heavy atom. The van der Waals surface area contributed by atoms with Crippen LogP contribution in [0.15, 0.2) is 54.6 Å². The largest absolute Gasteiger partial charge is 0.351 e. The first-order valence-corrected chi connectivity index (χ1v) is 9.41. The lowest BCUT2D eigenvalue weighted by molar-refractivity contribution is -0.121. The number of H-pyrrole nitrogens is 1. The quantitative estimate of drug-likeness (QED) is 0.709. The van der Waals surface area contributed by atoms with E-state index < -0.39 is 0 Å². The molecule has 4 rings (SSSR count). The van der Waals surface area contributed by atoms with Crippen LogP contribution in [0.2, 0.25) is 5.02 Å². The van der Waals surface area contributed by atoms with E-state index in [2.05, 4.69) is 10.3 Å². The number of carbonyl (C=O) groups excluding carboxylic acids is 2. The Hall–Kier alpha value is -2.79. The molecule has 0 radical (unpaired) electrons. The van der Waals surface area contributed by atoms with Crippen molar-refractivity contribution in [3.63, 3.8) is 0 Å². The van der Waals surface area contributed by atoms with Gasteiger partial charge in [0.2, 0.25) is 5.91 Å². The van der Waals surface area contributed by atoms with Gasteiger partial charge in [-0.2, -0.15) is 0 Å². The summed E-state index contributed by atoms with van der Waals surface area (Å²) in [5, 5.41) is 4.48. The van der Waals surface area contributed by atoms with E-state index in [1.807, 2.05) is 48.5 Å². The fourth-order valence-electron chi connectivity index (χ4n) is 3.53. The number of carbonyl (C=O) groups is 2. The predicted molar refractivity (Wildman–Crippen MR) is 107 cm³/mol. The van der Waals surface area contributed by atoms with Crippen molar-refractivity contribution in [1.29, 1.82) is 0 Å². The Balaban J connectivity index is 1.46. The number of hydrogen-bond acceptors (Lipinski definition) is 2. The van der Waals surface area contributed by atoms with Gasteiger partial charge in [-0.15, -0.1) is 0 Å². The van der Waals surface area contributed by atoms with Gasteiger partial charge >= 0.3 is 0 Å². The maximum atomic E-state index is 12.9. The highest BCUT2D eigenvalue weighted by atomic mass is 35.5. The molecule has 1 aliphatic heterocycles. The van der Waals surface area contributed by atoms with Crippen LogP contribution in [0.3, 0.4) is 0 Å². The van der Waals surface area contributed by atoms with Crippen molar-refractivity contribution in [3.8, 4) is 0 Å². The number of nitrogens with zero attached hydrogens (tertiary/aromatic N) is 1. The average molecular weight is 382 g/mol. The molecule has 1 saturated heterocycles. The summed E-state index contributed by atoms with van der Waals surface area (Å²) in [6.45, 7) is 1.08. The van der Waals surface area contributed by atoms with Crippen LogP contribution in [0.1, 0.15) is 23.3 Å². The van der Waals surface area contributed by atoms with Crippen molar-refractivity contribution in [2.45, 2.75) is 12.8 Å². The van der Waals surface area contributed by atoms with Crippen LogP contribution in [0, 0.1) is 5.92 Å². The topological polar surface area (TPSA) is 65.2 Å². The van der Waals surface area contributed by atoms with Gasteiger partial charge in [0.05, 0.1) is 5.92 Å². The average Bonchev–Trinajstić information content (AvgIpc) is 3.11. The number of anilines is 1. The van der Waals surface area contributed by atoms with Gasteiger partial charge in [-0.05, 0) is 49.2 Å². The first-order valence-electron chi connectivity index (χ1n) is 9.03. The lowest BCUT2D eigenvalue weighted by Crippen LogP contribution is -2.43. The van der Waals surface area contributed by atoms with Gasteiger partial charge in [0.1, 0.15) is 5.69 Å². The van der Waals surface area contributed by atoms with Crippen LogP contribution in [-0.4, -0.2) is 34.8 Å². The summed E-state index contributed by atoms with van der Waals surface area (Å²) < 4.78 is 0. The molecule has 2 N–H and O–H groups in total. The highest BCUT2D eigenvalue weighted by Gasteiger charge is 2.29. The second-order valence-corrected chi connectivity index (χ2v) is 7.30. The summed E-state index contributed by atoms with van der Waals surface area (Å²) in [5.74, 6) is -0.330. The maximum Gasteiger partial charge on any atom is 0.270 e.